The number of halogens is 3. The van der Waals surface area contributed by atoms with Gasteiger partial charge < -0.3 is 9.26 Å². The molecular formula is C14H14ClF2N3O3. The van der Waals surface area contributed by atoms with E-state index in [0.29, 0.717) is 11.1 Å². The fraction of sp³-hybridized carbons (Fsp3) is 0.357. The van der Waals surface area contributed by atoms with Gasteiger partial charge in [0.2, 0.25) is 11.7 Å². The van der Waals surface area contributed by atoms with E-state index in [9.17, 15) is 13.6 Å². The number of carbonyl (C=O) groups excluding carboxylic acids is 1. The number of benzene rings is 1. The molecule has 23 heavy (non-hydrogen) atoms. The van der Waals surface area contributed by atoms with Crippen molar-refractivity contribution in [2.75, 3.05) is 13.7 Å². The first-order chi connectivity index (χ1) is 10.5. The highest BCUT2D eigenvalue weighted by atomic mass is 35.5. The highest BCUT2D eigenvalue weighted by Gasteiger charge is 2.42. The third kappa shape index (κ3) is 3.65. The van der Waals surface area contributed by atoms with Crippen LogP contribution >= 0.6 is 12.4 Å². The summed E-state index contributed by atoms with van der Waals surface area (Å²) in [5.41, 5.74) is 0.888. The Balaban J connectivity index is 0.00000192. The predicted octanol–water partition coefficient (Wildman–Crippen LogP) is 2.61. The molecule has 1 aliphatic rings. The van der Waals surface area contributed by atoms with E-state index in [2.05, 4.69) is 20.2 Å². The van der Waals surface area contributed by atoms with Crippen LogP contribution in [-0.2, 0) is 4.74 Å². The summed E-state index contributed by atoms with van der Waals surface area (Å²) in [6, 6.07) is 5.82. The van der Waals surface area contributed by atoms with Crippen LogP contribution in [0, 0.1) is 0 Å². The second-order valence-electron chi connectivity index (χ2n) is 5.02. The summed E-state index contributed by atoms with van der Waals surface area (Å²) in [7, 11) is 1.29. The maximum atomic E-state index is 13.2. The lowest BCUT2D eigenvalue weighted by molar-refractivity contribution is 0.0200. The zero-order valence-electron chi connectivity index (χ0n) is 12.1. The van der Waals surface area contributed by atoms with E-state index in [-0.39, 0.29) is 30.5 Å². The molecule has 0 spiro atoms. The Morgan fingerprint density at radius 3 is 2.91 bits per heavy atom. The Kier molecular flexibility index (Phi) is 4.96. The van der Waals surface area contributed by atoms with Crippen LogP contribution in [0.3, 0.4) is 0 Å². The largest absolute Gasteiger partial charge is 0.465 e. The van der Waals surface area contributed by atoms with Crippen molar-refractivity contribution in [1.82, 2.24) is 15.5 Å². The van der Waals surface area contributed by atoms with Crippen LogP contribution in [0.5, 0.6) is 0 Å². The second kappa shape index (κ2) is 6.59. The second-order valence-corrected chi connectivity index (χ2v) is 5.02. The summed E-state index contributed by atoms with van der Waals surface area (Å²) in [5.74, 6) is -2.92. The minimum absolute atomic E-state index is 0. The number of esters is 1. The predicted molar refractivity (Wildman–Crippen MR) is 78.6 cm³/mol. The van der Waals surface area contributed by atoms with E-state index in [0.717, 1.165) is 0 Å². The van der Waals surface area contributed by atoms with Crippen LogP contribution in [0.1, 0.15) is 28.7 Å². The molecule has 1 aromatic heterocycles. The minimum Gasteiger partial charge on any atom is -0.465 e. The van der Waals surface area contributed by atoms with Crippen molar-refractivity contribution < 1.29 is 22.8 Å². The Morgan fingerprint density at radius 2 is 2.26 bits per heavy atom. The van der Waals surface area contributed by atoms with Crippen LogP contribution in [0.25, 0.3) is 11.4 Å². The number of hydrogen-bond acceptors (Lipinski definition) is 6. The Bertz CT molecular complexity index is 708. The van der Waals surface area contributed by atoms with Gasteiger partial charge >= 0.3 is 5.97 Å². The molecule has 1 aromatic carbocycles. The fourth-order valence-corrected chi connectivity index (χ4v) is 2.29. The highest BCUT2D eigenvalue weighted by Crippen LogP contribution is 2.33. The molecule has 6 nitrogen and oxygen atoms in total. The van der Waals surface area contributed by atoms with Crippen molar-refractivity contribution in [2.24, 2.45) is 0 Å². The normalized spacial score (nSPS) is 19.2. The molecule has 1 saturated heterocycles. The van der Waals surface area contributed by atoms with Gasteiger partial charge in [-0.25, -0.2) is 13.6 Å². The topological polar surface area (TPSA) is 77.2 Å². The van der Waals surface area contributed by atoms with Crippen molar-refractivity contribution in [3.63, 3.8) is 0 Å². The number of rotatable bonds is 3. The molecular weight excluding hydrogens is 332 g/mol. The quantitative estimate of drug-likeness (QED) is 0.862. The number of hydrogen-bond donors (Lipinski definition) is 1. The molecule has 1 N–H and O–H groups in total. The summed E-state index contributed by atoms with van der Waals surface area (Å²) < 4.78 is 36.1. The fourth-order valence-electron chi connectivity index (χ4n) is 2.29. The van der Waals surface area contributed by atoms with Crippen LogP contribution < -0.4 is 5.32 Å². The molecule has 0 radical (unpaired) electrons. The molecule has 2 aromatic rings. The molecule has 0 amide bonds. The lowest BCUT2D eigenvalue weighted by Crippen LogP contribution is -2.19. The molecule has 0 bridgehead atoms. The average Bonchev–Trinajstić information content (AvgIpc) is 3.13. The lowest BCUT2D eigenvalue weighted by Gasteiger charge is -2.04. The summed E-state index contributed by atoms with van der Waals surface area (Å²) in [4.78, 5) is 15.6. The minimum atomic E-state index is -2.77. The molecule has 0 aliphatic carbocycles. The van der Waals surface area contributed by atoms with Crippen LogP contribution in [0.4, 0.5) is 8.78 Å². The lowest BCUT2D eigenvalue weighted by atomic mass is 10.1. The number of methoxy groups -OCH3 is 1. The number of aromatic nitrogens is 2. The maximum absolute atomic E-state index is 13.2. The molecule has 124 valence electrons. The van der Waals surface area contributed by atoms with E-state index in [1.807, 2.05) is 0 Å². The van der Waals surface area contributed by atoms with E-state index < -0.39 is 24.5 Å². The zero-order chi connectivity index (χ0) is 15.7. The maximum Gasteiger partial charge on any atom is 0.337 e. The molecule has 3 rings (SSSR count). The number of nitrogens with zero attached hydrogens (tertiary/aromatic N) is 2. The molecule has 0 saturated carbocycles. The van der Waals surface area contributed by atoms with Crippen LogP contribution in [-0.4, -0.2) is 35.7 Å². The first-order valence-corrected chi connectivity index (χ1v) is 6.62. The van der Waals surface area contributed by atoms with Crippen molar-refractivity contribution in [2.45, 2.75) is 18.4 Å². The Morgan fingerprint density at radius 1 is 1.48 bits per heavy atom. The van der Waals surface area contributed by atoms with Gasteiger partial charge in [0.25, 0.3) is 5.92 Å². The molecule has 2 heterocycles. The van der Waals surface area contributed by atoms with E-state index in [4.69, 9.17) is 4.52 Å². The number of alkyl halides is 2. The van der Waals surface area contributed by atoms with Crippen molar-refractivity contribution >= 4 is 18.4 Å². The molecule has 1 atom stereocenters. The monoisotopic (exact) mass is 345 g/mol. The third-order valence-corrected chi connectivity index (χ3v) is 3.39. The van der Waals surface area contributed by atoms with Gasteiger partial charge in [0.15, 0.2) is 0 Å². The average molecular weight is 346 g/mol. The van der Waals surface area contributed by atoms with Gasteiger partial charge in [0, 0.05) is 12.0 Å². The summed E-state index contributed by atoms with van der Waals surface area (Å²) in [5, 5.41) is 6.43. The van der Waals surface area contributed by atoms with Gasteiger partial charge in [-0.05, 0) is 12.1 Å². The van der Waals surface area contributed by atoms with Gasteiger partial charge in [-0.15, -0.1) is 12.4 Å². The van der Waals surface area contributed by atoms with Crippen LogP contribution in [0.15, 0.2) is 28.8 Å². The summed E-state index contributed by atoms with van der Waals surface area (Å²) in [6.45, 7) is -0.410. The molecule has 1 unspecified atom stereocenters. The van der Waals surface area contributed by atoms with Gasteiger partial charge in [0.05, 0.1) is 25.3 Å². The van der Waals surface area contributed by atoms with E-state index in [1.165, 1.54) is 7.11 Å². The number of carbonyl (C=O) groups is 1. The SMILES string of the molecule is COC(=O)c1cccc(-c2noc(C3CC(F)(F)CN3)n2)c1.Cl. The molecule has 1 fully saturated rings. The first-order valence-electron chi connectivity index (χ1n) is 6.62. The van der Waals surface area contributed by atoms with Gasteiger partial charge in [-0.2, -0.15) is 4.98 Å². The number of ether oxygens (including phenoxy) is 1. The third-order valence-electron chi connectivity index (χ3n) is 3.39. The standard InChI is InChI=1S/C14H13F2N3O3.ClH/c1-21-13(20)9-4-2-3-8(5-9)11-18-12(22-19-11)10-6-14(15,16)7-17-10;/h2-5,10,17H,6-7H2,1H3;1H. The zero-order valence-corrected chi connectivity index (χ0v) is 12.9. The van der Waals surface area contributed by atoms with E-state index >= 15 is 0 Å². The van der Waals surface area contributed by atoms with Gasteiger partial charge in [0.1, 0.15) is 0 Å². The summed E-state index contributed by atoms with van der Waals surface area (Å²) >= 11 is 0. The highest BCUT2D eigenvalue weighted by molar-refractivity contribution is 5.90. The van der Waals surface area contributed by atoms with Crippen molar-refractivity contribution in [3.8, 4) is 11.4 Å². The van der Waals surface area contributed by atoms with Crippen molar-refractivity contribution in [1.29, 1.82) is 0 Å². The molecule has 1 aliphatic heterocycles. The van der Waals surface area contributed by atoms with Gasteiger partial charge in [-0.3, -0.25) is 5.32 Å². The first kappa shape index (κ1) is 17.3. The Labute approximate surface area is 136 Å². The van der Waals surface area contributed by atoms with E-state index in [1.54, 1.807) is 24.3 Å². The number of nitrogens with one attached hydrogen (secondary N) is 1. The van der Waals surface area contributed by atoms with Crippen molar-refractivity contribution in [3.05, 3.63) is 35.7 Å². The van der Waals surface area contributed by atoms with Gasteiger partial charge in [-0.1, -0.05) is 17.3 Å². The van der Waals surface area contributed by atoms with Crippen LogP contribution in [0.2, 0.25) is 0 Å². The smallest absolute Gasteiger partial charge is 0.337 e. The summed E-state index contributed by atoms with van der Waals surface area (Å²) in [6.07, 6.45) is -0.378. The Hall–Kier alpha value is -2.06. The molecule has 9 heteroatoms.